The van der Waals surface area contributed by atoms with E-state index in [0.717, 1.165) is 128 Å². The Morgan fingerprint density at radius 1 is 0.330 bits per heavy atom. The van der Waals surface area contributed by atoms with E-state index in [4.69, 9.17) is 18.9 Å². The van der Waals surface area contributed by atoms with Crippen molar-refractivity contribution in [2.45, 2.75) is 296 Å². The molecule has 0 aromatic carbocycles. The van der Waals surface area contributed by atoms with E-state index in [2.05, 4.69) is 172 Å². The van der Waals surface area contributed by atoms with Gasteiger partial charge in [-0.1, -0.05) is 307 Å². The fraction of sp³-hybridized carbons (Fsp3) is 0.646. The van der Waals surface area contributed by atoms with E-state index in [1.54, 1.807) is 0 Å². The first-order valence-electron chi connectivity index (χ1n) is 36.6. The Hall–Kier alpha value is -5.09. The number of carbonyl (C=O) groups is 3. The molecule has 0 spiro atoms. The van der Waals surface area contributed by atoms with E-state index in [9.17, 15) is 19.5 Å². The number of nitrogens with zero attached hydrogens (tertiary/aromatic N) is 1. The van der Waals surface area contributed by atoms with Gasteiger partial charge >= 0.3 is 11.9 Å². The maximum atomic E-state index is 12.9. The standard InChI is InChI=1S/C82H135NO8/c1-6-8-10-12-14-16-18-20-22-24-26-28-30-32-34-36-37-38-39-40-41-42-43-45-46-48-50-52-54-56-58-60-62-64-66-68-70-72-79(84)89-76-78(77-90-82(81(86)87)88-75-74-83(3,4)5)91-80(85)73-71-69-67-65-63-61-59-57-55-53-51-49-47-44-35-33-31-29-27-25-23-21-19-17-15-13-11-9-7-2/h8-11,14-17,20-23,26-29,32-35,47,49,53,55,59,61,78,82H,6-7,12-13,18-19,24-25,30-31,36-46,48,50-52,54,56-58,60,62-77H2,1-5H3/b10-8-,11-9-,16-14-,17-15-,22-20-,23-21-,28-26-,29-27-,34-32-,35-33-,49-47-,55-53-,61-59-. The summed E-state index contributed by atoms with van der Waals surface area (Å²) in [6, 6.07) is 0. The first kappa shape index (κ1) is 85.9. The number of rotatable bonds is 66. The number of unbranched alkanes of at least 4 members (excludes halogenated alkanes) is 25. The number of carboxylic acids is 1. The molecule has 2 unspecified atom stereocenters. The molecule has 0 saturated carbocycles. The summed E-state index contributed by atoms with van der Waals surface area (Å²) in [4.78, 5) is 37.5. The zero-order valence-corrected chi connectivity index (χ0v) is 58.9. The first-order chi connectivity index (χ1) is 44.6. The highest BCUT2D eigenvalue weighted by molar-refractivity contribution is 5.70. The van der Waals surface area contributed by atoms with Gasteiger partial charge in [0.25, 0.3) is 0 Å². The van der Waals surface area contributed by atoms with Gasteiger partial charge in [0.1, 0.15) is 13.2 Å². The number of aliphatic carboxylic acids is 1. The molecular formula is C82H135NO8. The van der Waals surface area contributed by atoms with Crippen LogP contribution in [0.2, 0.25) is 0 Å². The lowest BCUT2D eigenvalue weighted by molar-refractivity contribution is -0.870. The van der Waals surface area contributed by atoms with Crippen molar-refractivity contribution in [3.63, 3.8) is 0 Å². The molecule has 0 heterocycles. The molecule has 91 heavy (non-hydrogen) atoms. The second-order valence-corrected chi connectivity index (χ2v) is 25.1. The summed E-state index contributed by atoms with van der Waals surface area (Å²) in [6.07, 6.45) is 102. The molecule has 9 nitrogen and oxygen atoms in total. The number of hydrogen-bond donors (Lipinski definition) is 0. The number of esters is 2. The molecule has 516 valence electrons. The van der Waals surface area contributed by atoms with Crippen molar-refractivity contribution >= 4 is 17.9 Å². The van der Waals surface area contributed by atoms with Crippen LogP contribution in [0.25, 0.3) is 0 Å². The second-order valence-electron chi connectivity index (χ2n) is 25.1. The van der Waals surface area contributed by atoms with Crippen molar-refractivity contribution in [1.29, 1.82) is 0 Å². The molecule has 0 radical (unpaired) electrons. The number of carboxylic acid groups (broad SMARTS) is 1. The lowest BCUT2D eigenvalue weighted by atomic mass is 10.0. The molecule has 0 aliphatic carbocycles. The predicted octanol–water partition coefficient (Wildman–Crippen LogP) is 21.9. The molecule has 0 aromatic rings. The molecule has 0 fully saturated rings. The van der Waals surface area contributed by atoms with E-state index >= 15 is 0 Å². The molecule has 0 aliphatic heterocycles. The molecule has 0 N–H and O–H groups in total. The SMILES string of the molecule is CC/C=C\C/C=C\C/C=C\C/C=C\C/C=C\C/C=C\C/C=C\C/C=C\CCCCCCC(=O)OC(COC(=O)CCCCCCCCCCCCCCCCCCCCCCC/C=C\C/C=C\C/C=C\C/C=C\C/C=C\CC)COC(OCC[N+](C)(C)C)C(=O)[O-]. The Morgan fingerprint density at radius 3 is 0.879 bits per heavy atom. The Labute approximate surface area is 559 Å². The van der Waals surface area contributed by atoms with Crippen LogP contribution in [0.5, 0.6) is 0 Å². The van der Waals surface area contributed by atoms with E-state index in [-0.39, 0.29) is 38.6 Å². The van der Waals surface area contributed by atoms with Gasteiger partial charge in [-0.15, -0.1) is 0 Å². The molecule has 0 aromatic heterocycles. The Kier molecular flexibility index (Phi) is 66.8. The van der Waals surface area contributed by atoms with Gasteiger partial charge in [0.05, 0.1) is 40.3 Å². The Bertz CT molecular complexity index is 2060. The molecule has 0 amide bonds. The van der Waals surface area contributed by atoms with Gasteiger partial charge in [-0.2, -0.15) is 0 Å². The van der Waals surface area contributed by atoms with Crippen LogP contribution in [0.15, 0.2) is 158 Å². The highest BCUT2D eigenvalue weighted by Crippen LogP contribution is 2.17. The lowest BCUT2D eigenvalue weighted by Crippen LogP contribution is -2.44. The smallest absolute Gasteiger partial charge is 0.306 e. The van der Waals surface area contributed by atoms with Crippen LogP contribution in [0.3, 0.4) is 0 Å². The van der Waals surface area contributed by atoms with Gasteiger partial charge in [0, 0.05) is 12.8 Å². The highest BCUT2D eigenvalue weighted by atomic mass is 16.7. The molecule has 2 atom stereocenters. The van der Waals surface area contributed by atoms with Gasteiger partial charge < -0.3 is 33.3 Å². The monoisotopic (exact) mass is 1260 g/mol. The quantitative estimate of drug-likeness (QED) is 0.0195. The third-order valence-corrected chi connectivity index (χ3v) is 15.3. The summed E-state index contributed by atoms with van der Waals surface area (Å²) in [6.45, 7) is 4.49. The number of likely N-dealkylation sites (N-methyl/N-ethyl adjacent to an activating group) is 1. The zero-order valence-electron chi connectivity index (χ0n) is 58.9. The molecule has 0 rings (SSSR count). The highest BCUT2D eigenvalue weighted by Gasteiger charge is 2.22. The van der Waals surface area contributed by atoms with Crippen LogP contribution >= 0.6 is 0 Å². The van der Waals surface area contributed by atoms with Crippen LogP contribution in [-0.2, 0) is 33.3 Å². The van der Waals surface area contributed by atoms with Crippen molar-refractivity contribution < 1.29 is 42.9 Å². The largest absolute Gasteiger partial charge is 0.545 e. The Morgan fingerprint density at radius 2 is 0.593 bits per heavy atom. The number of carbonyl (C=O) groups excluding carboxylic acids is 3. The van der Waals surface area contributed by atoms with Gasteiger partial charge in [-0.05, 0) is 122 Å². The number of quaternary nitrogens is 1. The van der Waals surface area contributed by atoms with Gasteiger partial charge in [-0.3, -0.25) is 9.59 Å². The number of hydrogen-bond acceptors (Lipinski definition) is 8. The van der Waals surface area contributed by atoms with Crippen molar-refractivity contribution in [2.75, 3.05) is 47.5 Å². The molecule has 0 bridgehead atoms. The van der Waals surface area contributed by atoms with E-state index in [1.807, 2.05) is 21.1 Å². The molecule has 9 heteroatoms. The fourth-order valence-corrected chi connectivity index (χ4v) is 9.76. The fourth-order valence-electron chi connectivity index (χ4n) is 9.76. The topological polar surface area (TPSA) is 111 Å². The van der Waals surface area contributed by atoms with Gasteiger partial charge in [0.15, 0.2) is 12.4 Å². The lowest BCUT2D eigenvalue weighted by Gasteiger charge is -2.26. The Balaban J connectivity index is 4.13. The summed E-state index contributed by atoms with van der Waals surface area (Å²) in [7, 11) is 5.92. The summed E-state index contributed by atoms with van der Waals surface area (Å²) in [5.74, 6) is -2.32. The normalized spacial score (nSPS) is 13.6. The van der Waals surface area contributed by atoms with Crippen LogP contribution in [-0.4, -0.2) is 82.3 Å². The maximum absolute atomic E-state index is 12.9. The van der Waals surface area contributed by atoms with Crippen molar-refractivity contribution in [2.24, 2.45) is 0 Å². The summed E-state index contributed by atoms with van der Waals surface area (Å²) in [5, 5.41) is 11.8. The summed E-state index contributed by atoms with van der Waals surface area (Å²) in [5.41, 5.74) is 0. The molecular weight excluding hydrogens is 1130 g/mol. The minimum Gasteiger partial charge on any atom is -0.545 e. The number of ether oxygens (including phenoxy) is 4. The van der Waals surface area contributed by atoms with E-state index in [0.29, 0.717) is 17.4 Å². The van der Waals surface area contributed by atoms with Crippen molar-refractivity contribution in [1.82, 2.24) is 0 Å². The van der Waals surface area contributed by atoms with E-state index in [1.165, 1.54) is 122 Å². The third-order valence-electron chi connectivity index (χ3n) is 15.3. The number of allylic oxidation sites excluding steroid dienone is 26. The second kappa shape index (κ2) is 70.8. The summed E-state index contributed by atoms with van der Waals surface area (Å²) < 4.78 is 22.8. The van der Waals surface area contributed by atoms with E-state index < -0.39 is 24.3 Å². The first-order valence-corrected chi connectivity index (χ1v) is 36.6. The minimum atomic E-state index is -1.64. The molecule has 0 saturated heterocycles. The van der Waals surface area contributed by atoms with Crippen LogP contribution in [0, 0.1) is 0 Å². The third kappa shape index (κ3) is 72.2. The minimum absolute atomic E-state index is 0.136. The van der Waals surface area contributed by atoms with Crippen LogP contribution in [0.1, 0.15) is 284 Å². The van der Waals surface area contributed by atoms with Gasteiger partial charge in [0.2, 0.25) is 0 Å². The van der Waals surface area contributed by atoms with Crippen LogP contribution in [0.4, 0.5) is 0 Å². The predicted molar refractivity (Wildman–Crippen MR) is 389 cm³/mol. The van der Waals surface area contributed by atoms with Crippen LogP contribution < -0.4 is 5.11 Å². The van der Waals surface area contributed by atoms with Crippen molar-refractivity contribution in [3.05, 3.63) is 158 Å². The van der Waals surface area contributed by atoms with Crippen molar-refractivity contribution in [3.8, 4) is 0 Å². The van der Waals surface area contributed by atoms with Gasteiger partial charge in [-0.25, -0.2) is 0 Å². The average Bonchev–Trinajstić information content (AvgIpc) is 3.66. The molecule has 0 aliphatic rings. The summed E-state index contributed by atoms with van der Waals surface area (Å²) >= 11 is 0. The average molecular weight is 1260 g/mol. The zero-order chi connectivity index (χ0) is 66.1. The maximum Gasteiger partial charge on any atom is 0.306 e.